The van der Waals surface area contributed by atoms with Crippen LogP contribution in [0.4, 0.5) is 0 Å². The topological polar surface area (TPSA) is 42.5 Å². The van der Waals surface area contributed by atoms with Crippen LogP contribution in [-0.2, 0) is 6.42 Å². The van der Waals surface area contributed by atoms with Crippen LogP contribution in [0.2, 0.25) is 0 Å². The van der Waals surface area contributed by atoms with E-state index in [0.717, 1.165) is 48.7 Å². The Morgan fingerprint density at radius 2 is 1.74 bits per heavy atom. The number of benzene rings is 1. The highest BCUT2D eigenvalue weighted by molar-refractivity contribution is 5.52. The van der Waals surface area contributed by atoms with Crippen LogP contribution in [0.1, 0.15) is 16.7 Å². The molecule has 1 aromatic carbocycles. The zero-order valence-corrected chi connectivity index (χ0v) is 12.7. The second-order valence-electron chi connectivity index (χ2n) is 4.62. The zero-order chi connectivity index (χ0) is 14.3. The van der Waals surface area contributed by atoms with E-state index in [1.807, 2.05) is 7.05 Å². The summed E-state index contributed by atoms with van der Waals surface area (Å²) < 4.78 is 11.0. The molecule has 108 valence electrons. The van der Waals surface area contributed by atoms with Gasteiger partial charge in [0.1, 0.15) is 11.5 Å². The molecule has 0 bridgehead atoms. The van der Waals surface area contributed by atoms with E-state index >= 15 is 0 Å². The van der Waals surface area contributed by atoms with Crippen LogP contribution in [0.15, 0.2) is 6.07 Å². The van der Waals surface area contributed by atoms with Gasteiger partial charge in [-0.2, -0.15) is 0 Å². The van der Waals surface area contributed by atoms with Crippen molar-refractivity contribution in [2.24, 2.45) is 0 Å². The summed E-state index contributed by atoms with van der Waals surface area (Å²) in [4.78, 5) is 0. The summed E-state index contributed by atoms with van der Waals surface area (Å²) in [6, 6.07) is 2.08. The van der Waals surface area contributed by atoms with E-state index in [4.69, 9.17) is 9.47 Å². The molecular weight excluding hydrogens is 240 g/mol. The summed E-state index contributed by atoms with van der Waals surface area (Å²) >= 11 is 0. The highest BCUT2D eigenvalue weighted by atomic mass is 16.5. The molecule has 0 saturated carbocycles. The summed E-state index contributed by atoms with van der Waals surface area (Å²) in [5, 5.41) is 6.52. The number of rotatable bonds is 8. The molecule has 0 fully saturated rings. The molecule has 0 atom stereocenters. The maximum absolute atomic E-state index is 5.54. The Bertz CT molecular complexity index is 406. The average molecular weight is 266 g/mol. The number of ether oxygens (including phenoxy) is 2. The third kappa shape index (κ3) is 4.11. The molecule has 1 rings (SSSR count). The van der Waals surface area contributed by atoms with Crippen LogP contribution in [-0.4, -0.2) is 40.9 Å². The van der Waals surface area contributed by atoms with Crippen molar-refractivity contribution >= 4 is 0 Å². The van der Waals surface area contributed by atoms with Gasteiger partial charge in [-0.25, -0.2) is 0 Å². The lowest BCUT2D eigenvalue weighted by atomic mass is 10.0. The summed E-state index contributed by atoms with van der Waals surface area (Å²) in [6.07, 6.45) is 0.935. The molecule has 0 heterocycles. The van der Waals surface area contributed by atoms with Gasteiger partial charge in [-0.1, -0.05) is 0 Å². The zero-order valence-electron chi connectivity index (χ0n) is 12.7. The van der Waals surface area contributed by atoms with Gasteiger partial charge in [0.05, 0.1) is 14.2 Å². The Balaban J connectivity index is 2.78. The van der Waals surface area contributed by atoms with E-state index < -0.39 is 0 Å². The largest absolute Gasteiger partial charge is 0.496 e. The maximum Gasteiger partial charge on any atom is 0.125 e. The maximum atomic E-state index is 5.54. The number of methoxy groups -OCH3 is 2. The normalized spacial score (nSPS) is 10.6. The molecule has 0 saturated heterocycles. The van der Waals surface area contributed by atoms with Gasteiger partial charge in [-0.15, -0.1) is 0 Å². The van der Waals surface area contributed by atoms with Crippen molar-refractivity contribution in [3.63, 3.8) is 0 Å². The van der Waals surface area contributed by atoms with E-state index in [1.165, 1.54) is 5.56 Å². The average Bonchev–Trinajstić information content (AvgIpc) is 2.42. The van der Waals surface area contributed by atoms with E-state index in [9.17, 15) is 0 Å². The van der Waals surface area contributed by atoms with Crippen molar-refractivity contribution in [2.45, 2.75) is 20.3 Å². The lowest BCUT2D eigenvalue weighted by Gasteiger charge is -2.17. The van der Waals surface area contributed by atoms with Gasteiger partial charge in [0, 0.05) is 13.1 Å². The molecule has 0 aliphatic carbocycles. The smallest absolute Gasteiger partial charge is 0.125 e. The van der Waals surface area contributed by atoms with E-state index in [-0.39, 0.29) is 0 Å². The van der Waals surface area contributed by atoms with Crippen molar-refractivity contribution in [3.8, 4) is 11.5 Å². The molecule has 1 aromatic rings. The first-order valence-electron chi connectivity index (χ1n) is 6.72. The molecule has 0 amide bonds. The van der Waals surface area contributed by atoms with Crippen molar-refractivity contribution in [1.82, 2.24) is 10.6 Å². The third-order valence-corrected chi connectivity index (χ3v) is 3.42. The molecule has 2 N–H and O–H groups in total. The summed E-state index contributed by atoms with van der Waals surface area (Å²) in [5.41, 5.74) is 3.50. The van der Waals surface area contributed by atoms with E-state index in [1.54, 1.807) is 14.2 Å². The van der Waals surface area contributed by atoms with E-state index in [0.29, 0.717) is 0 Å². The molecular formula is C15H26N2O2. The fourth-order valence-corrected chi connectivity index (χ4v) is 2.17. The first-order valence-corrected chi connectivity index (χ1v) is 6.72. The Morgan fingerprint density at radius 1 is 1.00 bits per heavy atom. The Morgan fingerprint density at radius 3 is 2.32 bits per heavy atom. The molecule has 0 aliphatic heterocycles. The molecule has 0 aliphatic rings. The Kier molecular flexibility index (Phi) is 6.67. The fourth-order valence-electron chi connectivity index (χ4n) is 2.17. The second-order valence-corrected chi connectivity index (χ2v) is 4.62. The van der Waals surface area contributed by atoms with Crippen molar-refractivity contribution in [2.75, 3.05) is 40.9 Å². The predicted molar refractivity (Wildman–Crippen MR) is 79.5 cm³/mol. The predicted octanol–water partition coefficient (Wildman–Crippen LogP) is 1.67. The van der Waals surface area contributed by atoms with Gasteiger partial charge in [-0.05, 0) is 56.6 Å². The first kappa shape index (κ1) is 15.8. The van der Waals surface area contributed by atoms with Crippen molar-refractivity contribution in [3.05, 3.63) is 22.8 Å². The lowest BCUT2D eigenvalue weighted by molar-refractivity contribution is 0.393. The van der Waals surface area contributed by atoms with E-state index in [2.05, 4.69) is 30.5 Å². The van der Waals surface area contributed by atoms with Gasteiger partial charge in [0.25, 0.3) is 0 Å². The number of likely N-dealkylation sites (N-methyl/N-ethyl adjacent to an activating group) is 1. The minimum Gasteiger partial charge on any atom is -0.496 e. The molecule has 4 nitrogen and oxygen atoms in total. The van der Waals surface area contributed by atoms with Crippen LogP contribution >= 0.6 is 0 Å². The highest BCUT2D eigenvalue weighted by Crippen LogP contribution is 2.33. The summed E-state index contributed by atoms with van der Waals surface area (Å²) in [5.74, 6) is 1.91. The minimum atomic E-state index is 0.934. The second kappa shape index (κ2) is 8.02. The van der Waals surface area contributed by atoms with Gasteiger partial charge in [0.15, 0.2) is 0 Å². The van der Waals surface area contributed by atoms with Crippen LogP contribution in [0.3, 0.4) is 0 Å². The Hall–Kier alpha value is -1.26. The fraction of sp³-hybridized carbons (Fsp3) is 0.600. The molecule has 0 radical (unpaired) electrons. The van der Waals surface area contributed by atoms with Gasteiger partial charge in [0.2, 0.25) is 0 Å². The van der Waals surface area contributed by atoms with Crippen LogP contribution in [0.5, 0.6) is 11.5 Å². The minimum absolute atomic E-state index is 0.934. The summed E-state index contributed by atoms with van der Waals surface area (Å²) in [7, 11) is 5.40. The van der Waals surface area contributed by atoms with Gasteiger partial charge < -0.3 is 20.1 Å². The highest BCUT2D eigenvalue weighted by Gasteiger charge is 2.13. The number of hydrogen-bond acceptors (Lipinski definition) is 4. The molecule has 4 heteroatoms. The third-order valence-electron chi connectivity index (χ3n) is 3.42. The number of nitrogens with one attached hydrogen (secondary N) is 2. The number of hydrogen-bond donors (Lipinski definition) is 2. The van der Waals surface area contributed by atoms with Crippen LogP contribution in [0.25, 0.3) is 0 Å². The SMILES string of the molecule is CNCCNCCc1cc(OC)c(C)c(C)c1OC. The van der Waals surface area contributed by atoms with Gasteiger partial charge in [-0.3, -0.25) is 0 Å². The van der Waals surface area contributed by atoms with Crippen molar-refractivity contribution in [1.29, 1.82) is 0 Å². The van der Waals surface area contributed by atoms with Gasteiger partial charge >= 0.3 is 0 Å². The monoisotopic (exact) mass is 266 g/mol. The van der Waals surface area contributed by atoms with Crippen molar-refractivity contribution < 1.29 is 9.47 Å². The summed E-state index contributed by atoms with van der Waals surface area (Å²) in [6.45, 7) is 7.03. The first-order chi connectivity index (χ1) is 9.15. The quantitative estimate of drug-likeness (QED) is 0.703. The standard InChI is InChI=1S/C15H26N2O2/c1-11-12(2)15(19-5)13(10-14(11)18-4)6-7-17-9-8-16-3/h10,16-17H,6-9H2,1-5H3. The molecule has 0 aromatic heterocycles. The molecule has 19 heavy (non-hydrogen) atoms. The lowest BCUT2D eigenvalue weighted by Crippen LogP contribution is -2.26. The van der Waals surface area contributed by atoms with Crippen LogP contribution < -0.4 is 20.1 Å². The molecule has 0 unspecified atom stereocenters. The molecule has 0 spiro atoms. The Labute approximate surface area is 116 Å². The van der Waals surface area contributed by atoms with Crippen LogP contribution in [0, 0.1) is 13.8 Å².